The highest BCUT2D eigenvalue weighted by Crippen LogP contribution is 2.40. The minimum Gasteiger partial charge on any atom is -0.378 e. The van der Waals surface area contributed by atoms with Gasteiger partial charge in [0, 0.05) is 43.7 Å². The van der Waals surface area contributed by atoms with Gasteiger partial charge in [-0.25, -0.2) is 9.97 Å². The van der Waals surface area contributed by atoms with Crippen LogP contribution in [-0.4, -0.2) is 75.0 Å². The Morgan fingerprint density at radius 3 is 2.78 bits per heavy atom. The maximum atomic E-state index is 13.5. The first-order valence-corrected chi connectivity index (χ1v) is 12.0. The van der Waals surface area contributed by atoms with E-state index in [4.69, 9.17) is 4.74 Å². The topological polar surface area (TPSA) is 122 Å². The van der Waals surface area contributed by atoms with Gasteiger partial charge in [0.05, 0.1) is 47.6 Å². The molecule has 4 aliphatic rings. The smallest absolute Gasteiger partial charge is 0.261 e. The highest BCUT2D eigenvalue weighted by molar-refractivity contribution is 6.47. The first kappa shape index (κ1) is 21.6. The van der Waals surface area contributed by atoms with E-state index in [9.17, 15) is 14.4 Å². The Morgan fingerprint density at radius 1 is 1.08 bits per heavy atom. The number of morpholine rings is 1. The number of aliphatic imine (C=N–C) groups is 1. The van der Waals surface area contributed by atoms with Gasteiger partial charge in [0.1, 0.15) is 18.0 Å². The molecule has 2 aromatic heterocycles. The number of carbonyl (C=O) groups is 3. The Kier molecular flexibility index (Phi) is 4.80. The molecule has 4 aliphatic heterocycles. The maximum absolute atomic E-state index is 13.5. The molecule has 1 atom stereocenters. The second kappa shape index (κ2) is 8.20. The zero-order valence-corrected chi connectivity index (χ0v) is 19.6. The van der Waals surface area contributed by atoms with Gasteiger partial charge < -0.3 is 14.5 Å². The lowest BCUT2D eigenvalue weighted by molar-refractivity contribution is -0.136. The molecular weight excluding hydrogens is 474 g/mol. The highest BCUT2D eigenvalue weighted by Gasteiger charge is 2.42. The molecule has 1 saturated heterocycles. The van der Waals surface area contributed by atoms with Gasteiger partial charge in [0.2, 0.25) is 5.91 Å². The lowest BCUT2D eigenvalue weighted by Gasteiger charge is -2.32. The number of amides is 3. The molecule has 11 nitrogen and oxygen atoms in total. The normalized spacial score (nSPS) is 20.9. The van der Waals surface area contributed by atoms with E-state index in [0.717, 1.165) is 11.3 Å². The lowest BCUT2D eigenvalue weighted by Crippen LogP contribution is -2.49. The van der Waals surface area contributed by atoms with Gasteiger partial charge in [0.15, 0.2) is 0 Å². The zero-order valence-electron chi connectivity index (χ0n) is 19.6. The Labute approximate surface area is 210 Å². The van der Waals surface area contributed by atoms with E-state index in [-0.39, 0.29) is 17.1 Å². The van der Waals surface area contributed by atoms with Crippen molar-refractivity contribution in [1.82, 2.24) is 24.6 Å². The molecule has 1 N–H and O–H groups in total. The van der Waals surface area contributed by atoms with Crippen molar-refractivity contribution >= 4 is 40.3 Å². The molecule has 1 unspecified atom stereocenters. The van der Waals surface area contributed by atoms with Gasteiger partial charge in [-0.2, -0.15) is 0 Å². The number of anilines is 1. The highest BCUT2D eigenvalue weighted by atomic mass is 16.5. The maximum Gasteiger partial charge on any atom is 0.261 e. The third-order valence-corrected chi connectivity index (χ3v) is 7.16. The monoisotopic (exact) mass is 495 g/mol. The molecular formula is C26H21N7O4. The van der Waals surface area contributed by atoms with E-state index < -0.39 is 17.9 Å². The number of nitrogens with zero attached hydrogens (tertiary/aromatic N) is 6. The fraction of sp³-hybridized carbons (Fsp3) is 0.231. The molecule has 0 radical (unpaired) electrons. The van der Waals surface area contributed by atoms with Crippen molar-refractivity contribution in [3.63, 3.8) is 0 Å². The molecule has 0 spiro atoms. The van der Waals surface area contributed by atoms with Gasteiger partial charge >= 0.3 is 0 Å². The van der Waals surface area contributed by atoms with Crippen LogP contribution in [0.4, 0.5) is 5.69 Å². The number of ether oxygens (including phenoxy) is 1. The van der Waals surface area contributed by atoms with Crippen LogP contribution in [0.15, 0.2) is 66.0 Å². The molecule has 0 aliphatic carbocycles. The van der Waals surface area contributed by atoms with Gasteiger partial charge in [-0.05, 0) is 11.6 Å². The van der Waals surface area contributed by atoms with Crippen LogP contribution in [0.5, 0.6) is 0 Å². The predicted molar refractivity (Wildman–Crippen MR) is 133 cm³/mol. The van der Waals surface area contributed by atoms with E-state index in [1.807, 2.05) is 28.0 Å². The van der Waals surface area contributed by atoms with Crippen LogP contribution in [0.1, 0.15) is 16.8 Å². The number of rotatable bonds is 3. The van der Waals surface area contributed by atoms with Crippen LogP contribution in [0.25, 0.3) is 11.2 Å². The Morgan fingerprint density at radius 2 is 1.92 bits per heavy atom. The van der Waals surface area contributed by atoms with Crippen LogP contribution < -0.4 is 10.2 Å². The quantitative estimate of drug-likeness (QED) is 0.531. The van der Waals surface area contributed by atoms with E-state index in [0.29, 0.717) is 55.3 Å². The SMILES string of the molecule is O=C1NC(=O)C(c2cnc3ccncn23)=C1C1=NC=CN2c3c(cccc31)CC2C(=O)N1CCOCC1. The summed E-state index contributed by atoms with van der Waals surface area (Å²) in [6.07, 6.45) is 8.61. The fourth-order valence-electron chi connectivity index (χ4n) is 5.49. The number of hydrogen-bond acceptors (Lipinski definition) is 8. The molecule has 6 heterocycles. The van der Waals surface area contributed by atoms with Crippen molar-refractivity contribution < 1.29 is 19.1 Å². The Bertz CT molecular complexity index is 1600. The van der Waals surface area contributed by atoms with E-state index in [2.05, 4.69) is 20.3 Å². The van der Waals surface area contributed by atoms with Gasteiger partial charge in [-0.3, -0.25) is 29.1 Å². The molecule has 1 aromatic carbocycles. The third-order valence-electron chi connectivity index (χ3n) is 7.16. The molecule has 184 valence electrons. The van der Waals surface area contributed by atoms with Gasteiger partial charge in [-0.15, -0.1) is 0 Å². The summed E-state index contributed by atoms with van der Waals surface area (Å²) in [4.78, 5) is 56.6. The van der Waals surface area contributed by atoms with Crippen molar-refractivity contribution in [3.8, 4) is 0 Å². The summed E-state index contributed by atoms with van der Waals surface area (Å²) < 4.78 is 7.08. The van der Waals surface area contributed by atoms with Crippen molar-refractivity contribution in [3.05, 3.63) is 77.8 Å². The van der Waals surface area contributed by atoms with Crippen LogP contribution in [0.2, 0.25) is 0 Å². The number of imidazole rings is 1. The van der Waals surface area contributed by atoms with Crippen LogP contribution in [-0.2, 0) is 25.5 Å². The average molecular weight is 495 g/mol. The average Bonchev–Trinajstić information content (AvgIpc) is 3.55. The lowest BCUT2D eigenvalue weighted by atomic mass is 9.94. The van der Waals surface area contributed by atoms with E-state index >= 15 is 0 Å². The second-order valence-corrected chi connectivity index (χ2v) is 9.14. The Hall–Kier alpha value is -4.64. The fourth-order valence-corrected chi connectivity index (χ4v) is 5.49. The molecule has 3 aromatic rings. The number of fused-ring (bicyclic) bond motifs is 1. The van der Waals surface area contributed by atoms with Crippen molar-refractivity contribution in [2.45, 2.75) is 12.5 Å². The number of para-hydroxylation sites is 1. The number of nitrogens with one attached hydrogen (secondary N) is 1. The zero-order chi connectivity index (χ0) is 25.1. The minimum atomic E-state index is -0.531. The summed E-state index contributed by atoms with van der Waals surface area (Å²) in [6.45, 7) is 2.17. The number of benzene rings is 1. The Balaban J connectivity index is 1.35. The molecule has 37 heavy (non-hydrogen) atoms. The van der Waals surface area contributed by atoms with Gasteiger partial charge in [-0.1, -0.05) is 18.2 Å². The second-order valence-electron chi connectivity index (χ2n) is 9.14. The van der Waals surface area contributed by atoms with Crippen molar-refractivity contribution in [2.75, 3.05) is 31.2 Å². The minimum absolute atomic E-state index is 0.0328. The molecule has 3 amide bonds. The first-order chi connectivity index (χ1) is 18.1. The standard InChI is InChI=1S/C26H21N7O4/c34-24-20(18-13-29-19-4-5-27-14-33(18)19)21(25(35)30-24)22-16-3-1-2-15-12-17(32(23(15)16)7-6-28-22)26(36)31-8-10-37-11-9-31/h1-7,13-14,17H,8-12H2,(H,30,34,35). The third kappa shape index (κ3) is 3.24. The largest absolute Gasteiger partial charge is 0.378 e. The predicted octanol–water partition coefficient (Wildman–Crippen LogP) is 0.703. The summed E-state index contributed by atoms with van der Waals surface area (Å²) in [7, 11) is 0. The molecule has 0 bridgehead atoms. The van der Waals surface area contributed by atoms with Crippen LogP contribution >= 0.6 is 0 Å². The van der Waals surface area contributed by atoms with Crippen molar-refractivity contribution in [1.29, 1.82) is 0 Å². The summed E-state index contributed by atoms with van der Waals surface area (Å²) in [6, 6.07) is 7.05. The molecule has 0 saturated carbocycles. The van der Waals surface area contributed by atoms with Crippen molar-refractivity contribution in [2.24, 2.45) is 4.99 Å². The summed E-state index contributed by atoms with van der Waals surface area (Å²) >= 11 is 0. The van der Waals surface area contributed by atoms with Gasteiger partial charge in [0.25, 0.3) is 11.8 Å². The number of imide groups is 1. The number of carbonyl (C=O) groups excluding carboxylic acids is 3. The van der Waals surface area contributed by atoms with E-state index in [1.165, 1.54) is 0 Å². The molecule has 1 fully saturated rings. The van der Waals surface area contributed by atoms with E-state index in [1.54, 1.807) is 41.6 Å². The first-order valence-electron chi connectivity index (χ1n) is 12.0. The number of aromatic nitrogens is 3. The van der Waals surface area contributed by atoms with Crippen LogP contribution in [0.3, 0.4) is 0 Å². The molecule has 7 rings (SSSR count). The summed E-state index contributed by atoms with van der Waals surface area (Å²) in [5, 5.41) is 2.43. The summed E-state index contributed by atoms with van der Waals surface area (Å²) in [5.74, 6) is -1.02. The molecule has 11 heteroatoms. The van der Waals surface area contributed by atoms with Crippen LogP contribution in [0, 0.1) is 0 Å². The number of hydrogen-bond donors (Lipinski definition) is 1. The summed E-state index contributed by atoms with van der Waals surface area (Å²) in [5.41, 5.74) is 4.25.